The quantitative estimate of drug-likeness (QED) is 0.835. The molecule has 0 amide bonds. The average Bonchev–Trinajstić information content (AvgIpc) is 2.53. The highest BCUT2D eigenvalue weighted by Crippen LogP contribution is 2.24. The first-order chi connectivity index (χ1) is 10.1. The van der Waals surface area contributed by atoms with Crippen LogP contribution in [0.25, 0.3) is 0 Å². The highest BCUT2D eigenvalue weighted by Gasteiger charge is 2.34. The van der Waals surface area contributed by atoms with Crippen molar-refractivity contribution < 1.29 is 4.74 Å². The van der Waals surface area contributed by atoms with Gasteiger partial charge in [-0.25, -0.2) is 0 Å². The van der Waals surface area contributed by atoms with E-state index in [4.69, 9.17) is 4.74 Å². The van der Waals surface area contributed by atoms with Crippen LogP contribution in [-0.2, 0) is 11.2 Å². The van der Waals surface area contributed by atoms with E-state index in [2.05, 4.69) is 61.4 Å². The third kappa shape index (κ3) is 4.53. The molecule has 0 saturated carbocycles. The van der Waals surface area contributed by atoms with Gasteiger partial charge >= 0.3 is 0 Å². The lowest BCUT2D eigenvalue weighted by atomic mass is 9.87. The van der Waals surface area contributed by atoms with Gasteiger partial charge in [-0.2, -0.15) is 0 Å². The van der Waals surface area contributed by atoms with E-state index in [0.717, 1.165) is 32.7 Å². The van der Waals surface area contributed by atoms with Gasteiger partial charge in [0, 0.05) is 24.7 Å². The number of nitrogens with one attached hydrogen (secondary N) is 1. The lowest BCUT2D eigenvalue weighted by Gasteiger charge is -2.46. The third-order valence-electron chi connectivity index (χ3n) is 4.83. The molecule has 1 aliphatic heterocycles. The Bertz CT molecular complexity index is 399. The number of morpholine rings is 1. The van der Waals surface area contributed by atoms with Crippen molar-refractivity contribution in [1.29, 1.82) is 0 Å². The molecule has 0 aliphatic carbocycles. The summed E-state index contributed by atoms with van der Waals surface area (Å²) in [4.78, 5) is 2.57. The minimum Gasteiger partial charge on any atom is -0.379 e. The van der Waals surface area contributed by atoms with Crippen molar-refractivity contribution in [2.24, 2.45) is 0 Å². The lowest BCUT2D eigenvalue weighted by Crippen LogP contribution is -2.59. The summed E-state index contributed by atoms with van der Waals surface area (Å²) in [5.41, 5.74) is 1.62. The second-order valence-corrected chi connectivity index (χ2v) is 6.47. The van der Waals surface area contributed by atoms with E-state index < -0.39 is 0 Å². The molecule has 1 unspecified atom stereocenters. The summed E-state index contributed by atoms with van der Waals surface area (Å²) >= 11 is 0. The maximum atomic E-state index is 5.49. The summed E-state index contributed by atoms with van der Waals surface area (Å²) in [7, 11) is 2.09. The summed E-state index contributed by atoms with van der Waals surface area (Å²) < 4.78 is 5.49. The molecule has 2 rings (SSSR count). The summed E-state index contributed by atoms with van der Waals surface area (Å²) in [6.45, 7) is 8.55. The number of rotatable bonds is 7. The van der Waals surface area contributed by atoms with Gasteiger partial charge in [0.25, 0.3) is 0 Å². The van der Waals surface area contributed by atoms with Gasteiger partial charge in [0.2, 0.25) is 0 Å². The largest absolute Gasteiger partial charge is 0.379 e. The van der Waals surface area contributed by atoms with E-state index in [0.29, 0.717) is 6.04 Å². The molecule has 118 valence electrons. The Hall–Kier alpha value is -0.900. The number of aryl methyl sites for hydroxylation is 1. The van der Waals surface area contributed by atoms with Crippen molar-refractivity contribution >= 4 is 0 Å². The molecule has 1 N–H and O–H groups in total. The molecule has 3 heteroatoms. The molecule has 0 spiro atoms. The minimum absolute atomic E-state index is 0.176. The Balaban J connectivity index is 1.86. The monoisotopic (exact) mass is 290 g/mol. The first-order valence-electron chi connectivity index (χ1n) is 8.18. The Labute approximate surface area is 129 Å². The second-order valence-electron chi connectivity index (χ2n) is 6.47. The molecule has 1 saturated heterocycles. The molecule has 1 fully saturated rings. The summed E-state index contributed by atoms with van der Waals surface area (Å²) in [6, 6.07) is 11.3. The van der Waals surface area contributed by atoms with Crippen molar-refractivity contribution in [2.45, 2.75) is 44.7 Å². The smallest absolute Gasteiger partial charge is 0.0594 e. The molecule has 0 radical (unpaired) electrons. The van der Waals surface area contributed by atoms with Crippen molar-refractivity contribution in [1.82, 2.24) is 10.2 Å². The van der Waals surface area contributed by atoms with E-state index in [1.165, 1.54) is 18.4 Å². The van der Waals surface area contributed by atoms with Crippen molar-refractivity contribution in [3.8, 4) is 0 Å². The molecule has 1 aliphatic rings. The first-order valence-corrected chi connectivity index (χ1v) is 8.18. The van der Waals surface area contributed by atoms with Crippen molar-refractivity contribution in [3.63, 3.8) is 0 Å². The van der Waals surface area contributed by atoms with Crippen LogP contribution >= 0.6 is 0 Å². The van der Waals surface area contributed by atoms with Crippen LogP contribution in [0.5, 0.6) is 0 Å². The van der Waals surface area contributed by atoms with Crippen LogP contribution in [0.2, 0.25) is 0 Å². The van der Waals surface area contributed by atoms with E-state index in [1.807, 2.05) is 0 Å². The standard InChI is InChI=1S/C18H30N2O/c1-18(2,20-12-14-21-15-13-20)17(19-3)11-7-10-16-8-5-4-6-9-16/h4-6,8-9,17,19H,7,10-15H2,1-3H3. The van der Waals surface area contributed by atoms with Crippen LogP contribution in [-0.4, -0.2) is 49.8 Å². The van der Waals surface area contributed by atoms with Crippen LogP contribution in [0.1, 0.15) is 32.3 Å². The predicted octanol–water partition coefficient (Wildman–Crippen LogP) is 2.71. The Morgan fingerprint density at radius 3 is 2.48 bits per heavy atom. The van der Waals surface area contributed by atoms with Gasteiger partial charge in [-0.15, -0.1) is 0 Å². The van der Waals surface area contributed by atoms with Crippen LogP contribution in [0.3, 0.4) is 0 Å². The summed E-state index contributed by atoms with van der Waals surface area (Å²) in [6.07, 6.45) is 3.59. The predicted molar refractivity (Wildman–Crippen MR) is 88.7 cm³/mol. The second kappa shape index (κ2) is 7.92. The molecule has 0 bridgehead atoms. The fourth-order valence-corrected chi connectivity index (χ4v) is 3.37. The number of nitrogens with zero attached hydrogens (tertiary/aromatic N) is 1. The maximum absolute atomic E-state index is 5.49. The van der Waals surface area contributed by atoms with Crippen molar-refractivity contribution in [2.75, 3.05) is 33.4 Å². The van der Waals surface area contributed by atoms with Crippen LogP contribution in [0.15, 0.2) is 30.3 Å². The maximum Gasteiger partial charge on any atom is 0.0594 e. The molecule has 0 aromatic heterocycles. The molecular weight excluding hydrogens is 260 g/mol. The SMILES string of the molecule is CNC(CCCc1ccccc1)C(C)(C)N1CCOCC1. The van der Waals surface area contributed by atoms with Gasteiger partial charge in [-0.1, -0.05) is 30.3 Å². The molecular formula is C18H30N2O. The van der Waals surface area contributed by atoms with Crippen molar-refractivity contribution in [3.05, 3.63) is 35.9 Å². The van der Waals surface area contributed by atoms with Crippen LogP contribution < -0.4 is 5.32 Å². The van der Waals surface area contributed by atoms with E-state index in [-0.39, 0.29) is 5.54 Å². The number of ether oxygens (including phenoxy) is 1. The van der Waals surface area contributed by atoms with Gasteiger partial charge in [0.15, 0.2) is 0 Å². The molecule has 1 atom stereocenters. The Kier molecular flexibility index (Phi) is 6.22. The summed E-state index contributed by atoms with van der Waals surface area (Å²) in [5, 5.41) is 3.54. The zero-order valence-electron chi connectivity index (χ0n) is 13.8. The Morgan fingerprint density at radius 1 is 1.19 bits per heavy atom. The lowest BCUT2D eigenvalue weighted by molar-refractivity contribution is -0.0236. The normalized spacial score (nSPS) is 18.6. The van der Waals surface area contributed by atoms with Gasteiger partial charge in [0.1, 0.15) is 0 Å². The third-order valence-corrected chi connectivity index (χ3v) is 4.83. The van der Waals surface area contributed by atoms with E-state index in [9.17, 15) is 0 Å². The first kappa shape index (κ1) is 16.5. The number of likely N-dealkylation sites (N-methyl/N-ethyl adjacent to an activating group) is 1. The molecule has 1 aromatic rings. The van der Waals surface area contributed by atoms with Gasteiger partial charge in [-0.05, 0) is 45.7 Å². The number of benzene rings is 1. The highest BCUT2D eigenvalue weighted by atomic mass is 16.5. The average molecular weight is 290 g/mol. The summed E-state index contributed by atoms with van der Waals surface area (Å²) in [5.74, 6) is 0. The van der Waals surface area contributed by atoms with E-state index in [1.54, 1.807) is 0 Å². The van der Waals surface area contributed by atoms with Gasteiger partial charge in [-0.3, -0.25) is 4.90 Å². The Morgan fingerprint density at radius 2 is 1.86 bits per heavy atom. The number of hydrogen-bond donors (Lipinski definition) is 1. The highest BCUT2D eigenvalue weighted by molar-refractivity contribution is 5.14. The zero-order chi connectivity index (χ0) is 15.1. The molecule has 21 heavy (non-hydrogen) atoms. The molecule has 3 nitrogen and oxygen atoms in total. The van der Waals surface area contributed by atoms with Crippen LogP contribution in [0.4, 0.5) is 0 Å². The molecule has 1 aromatic carbocycles. The van der Waals surface area contributed by atoms with E-state index >= 15 is 0 Å². The van der Waals surface area contributed by atoms with Gasteiger partial charge < -0.3 is 10.1 Å². The zero-order valence-corrected chi connectivity index (χ0v) is 13.8. The minimum atomic E-state index is 0.176. The number of hydrogen-bond acceptors (Lipinski definition) is 3. The van der Waals surface area contributed by atoms with Crippen LogP contribution in [0, 0.1) is 0 Å². The topological polar surface area (TPSA) is 24.5 Å². The molecule has 1 heterocycles. The fraction of sp³-hybridized carbons (Fsp3) is 0.667. The van der Waals surface area contributed by atoms with Gasteiger partial charge in [0.05, 0.1) is 13.2 Å². The fourth-order valence-electron chi connectivity index (χ4n) is 3.37.